The second-order valence-corrected chi connectivity index (χ2v) is 4.98. The first-order chi connectivity index (χ1) is 8.54. The van der Waals surface area contributed by atoms with Crippen molar-refractivity contribution < 1.29 is 9.53 Å². The molecule has 0 radical (unpaired) electrons. The Morgan fingerprint density at radius 3 is 2.89 bits per heavy atom. The number of hydrogen-bond acceptors (Lipinski definition) is 3. The van der Waals surface area contributed by atoms with Gasteiger partial charge in [0, 0.05) is 6.54 Å². The first kappa shape index (κ1) is 15.0. The van der Waals surface area contributed by atoms with Crippen LogP contribution in [-0.2, 0) is 4.79 Å². The Morgan fingerprint density at radius 2 is 2.28 bits per heavy atom. The molecule has 0 aromatic heterocycles. The summed E-state index contributed by atoms with van der Waals surface area (Å²) >= 11 is 3.42. The van der Waals surface area contributed by atoms with Gasteiger partial charge < -0.3 is 15.8 Å². The van der Waals surface area contributed by atoms with Crippen LogP contribution in [0.3, 0.4) is 0 Å². The Bertz CT molecular complexity index is 410. The van der Waals surface area contributed by atoms with Crippen LogP contribution in [0.25, 0.3) is 0 Å². The Balaban J connectivity index is 2.53. The molecule has 4 nitrogen and oxygen atoms in total. The molecule has 1 aromatic carbocycles. The third-order valence-corrected chi connectivity index (χ3v) is 3.06. The van der Waals surface area contributed by atoms with Gasteiger partial charge in [0.15, 0.2) is 6.10 Å². The molecule has 5 heteroatoms. The van der Waals surface area contributed by atoms with E-state index in [0.29, 0.717) is 18.8 Å². The minimum Gasteiger partial charge on any atom is -0.480 e. The minimum atomic E-state index is -0.526. The molecule has 3 N–H and O–H groups in total. The zero-order valence-corrected chi connectivity index (χ0v) is 12.3. The van der Waals surface area contributed by atoms with Crippen LogP contribution < -0.4 is 15.8 Å². The smallest absolute Gasteiger partial charge is 0.260 e. The molecule has 0 saturated carbocycles. The van der Waals surface area contributed by atoms with Gasteiger partial charge in [-0.1, -0.05) is 6.07 Å². The lowest BCUT2D eigenvalue weighted by Crippen LogP contribution is -2.37. The standard InChI is InChI=1S/C13H19BrN2O2/c1-9-4-5-12(11(14)8-9)18-10(2)13(17)16-7-3-6-15/h4-5,8,10H,3,6-7,15H2,1-2H3,(H,16,17). The zero-order valence-electron chi connectivity index (χ0n) is 10.7. The number of nitrogens with one attached hydrogen (secondary N) is 1. The van der Waals surface area contributed by atoms with Crippen molar-refractivity contribution in [1.82, 2.24) is 5.32 Å². The van der Waals surface area contributed by atoms with Gasteiger partial charge in [-0.05, 0) is 60.4 Å². The highest BCUT2D eigenvalue weighted by molar-refractivity contribution is 9.10. The highest BCUT2D eigenvalue weighted by Crippen LogP contribution is 2.26. The maximum Gasteiger partial charge on any atom is 0.260 e. The van der Waals surface area contributed by atoms with Crippen molar-refractivity contribution >= 4 is 21.8 Å². The molecule has 0 fully saturated rings. The van der Waals surface area contributed by atoms with Crippen molar-refractivity contribution in [1.29, 1.82) is 0 Å². The number of benzene rings is 1. The van der Waals surface area contributed by atoms with Crippen LogP contribution in [0.5, 0.6) is 5.75 Å². The summed E-state index contributed by atoms with van der Waals surface area (Å²) in [4.78, 5) is 11.7. The third kappa shape index (κ3) is 4.66. The van der Waals surface area contributed by atoms with E-state index in [0.717, 1.165) is 16.5 Å². The molecule has 1 amide bonds. The molecule has 0 spiro atoms. The van der Waals surface area contributed by atoms with E-state index in [1.54, 1.807) is 6.92 Å². The lowest BCUT2D eigenvalue weighted by molar-refractivity contribution is -0.127. The quantitative estimate of drug-likeness (QED) is 0.789. The molecule has 1 unspecified atom stereocenters. The summed E-state index contributed by atoms with van der Waals surface area (Å²) in [6.45, 7) is 4.87. The van der Waals surface area contributed by atoms with Crippen LogP contribution in [0, 0.1) is 6.92 Å². The predicted molar refractivity (Wildman–Crippen MR) is 75.7 cm³/mol. The SMILES string of the molecule is Cc1ccc(OC(C)C(=O)NCCCN)c(Br)c1. The van der Waals surface area contributed by atoms with Crippen LogP contribution in [0.15, 0.2) is 22.7 Å². The maximum atomic E-state index is 11.7. The maximum absolute atomic E-state index is 11.7. The number of ether oxygens (including phenoxy) is 1. The second-order valence-electron chi connectivity index (χ2n) is 4.13. The first-order valence-corrected chi connectivity index (χ1v) is 6.74. The number of halogens is 1. The van der Waals surface area contributed by atoms with Crippen molar-refractivity contribution in [3.05, 3.63) is 28.2 Å². The molecular weight excluding hydrogens is 296 g/mol. The lowest BCUT2D eigenvalue weighted by atomic mass is 10.2. The van der Waals surface area contributed by atoms with Crippen molar-refractivity contribution in [3.8, 4) is 5.75 Å². The number of nitrogens with two attached hydrogens (primary N) is 1. The van der Waals surface area contributed by atoms with Gasteiger partial charge in [0.25, 0.3) is 5.91 Å². The monoisotopic (exact) mass is 314 g/mol. The average Bonchev–Trinajstić information content (AvgIpc) is 2.32. The van der Waals surface area contributed by atoms with E-state index in [4.69, 9.17) is 10.5 Å². The van der Waals surface area contributed by atoms with Crippen LogP contribution in [-0.4, -0.2) is 25.1 Å². The van der Waals surface area contributed by atoms with Crippen LogP contribution in [0.1, 0.15) is 18.9 Å². The number of aryl methyl sites for hydroxylation is 1. The summed E-state index contributed by atoms with van der Waals surface area (Å²) in [6.07, 6.45) is 0.244. The van der Waals surface area contributed by atoms with E-state index in [-0.39, 0.29) is 5.91 Å². The third-order valence-electron chi connectivity index (χ3n) is 2.44. The lowest BCUT2D eigenvalue weighted by Gasteiger charge is -2.15. The largest absolute Gasteiger partial charge is 0.480 e. The van der Waals surface area contributed by atoms with Gasteiger partial charge in [-0.2, -0.15) is 0 Å². The zero-order chi connectivity index (χ0) is 13.5. The fraction of sp³-hybridized carbons (Fsp3) is 0.462. The van der Waals surface area contributed by atoms with Gasteiger partial charge in [-0.3, -0.25) is 4.79 Å². The van der Waals surface area contributed by atoms with Gasteiger partial charge in [0.05, 0.1) is 4.47 Å². The topological polar surface area (TPSA) is 64.3 Å². The van der Waals surface area contributed by atoms with E-state index >= 15 is 0 Å². The van der Waals surface area contributed by atoms with E-state index < -0.39 is 6.10 Å². The van der Waals surface area contributed by atoms with E-state index in [1.807, 2.05) is 25.1 Å². The van der Waals surface area contributed by atoms with Gasteiger partial charge in [-0.25, -0.2) is 0 Å². The van der Waals surface area contributed by atoms with E-state index in [9.17, 15) is 4.79 Å². The molecule has 1 atom stereocenters. The van der Waals surface area contributed by atoms with Crippen molar-refractivity contribution in [2.45, 2.75) is 26.4 Å². The summed E-state index contributed by atoms with van der Waals surface area (Å²) in [5.41, 5.74) is 6.49. The second kappa shape index (κ2) is 7.38. The molecule has 1 rings (SSSR count). The Hall–Kier alpha value is -1.07. The summed E-state index contributed by atoms with van der Waals surface area (Å²) in [7, 11) is 0. The van der Waals surface area contributed by atoms with Gasteiger partial charge in [0.1, 0.15) is 5.75 Å². The summed E-state index contributed by atoms with van der Waals surface area (Å²) < 4.78 is 6.45. The Morgan fingerprint density at radius 1 is 1.56 bits per heavy atom. The average molecular weight is 315 g/mol. The molecule has 0 heterocycles. The van der Waals surface area contributed by atoms with Crippen molar-refractivity contribution in [3.63, 3.8) is 0 Å². The molecule has 0 bridgehead atoms. The van der Waals surface area contributed by atoms with Crippen molar-refractivity contribution in [2.24, 2.45) is 5.73 Å². The van der Waals surface area contributed by atoms with E-state index in [2.05, 4.69) is 21.2 Å². The normalized spacial score (nSPS) is 12.0. The predicted octanol–water partition coefficient (Wildman–Crippen LogP) is 1.99. The summed E-state index contributed by atoms with van der Waals surface area (Å²) in [5, 5.41) is 2.78. The first-order valence-electron chi connectivity index (χ1n) is 5.95. The van der Waals surface area contributed by atoms with Gasteiger partial charge >= 0.3 is 0 Å². The molecule has 100 valence electrons. The number of carbonyl (C=O) groups excluding carboxylic acids is 1. The molecule has 0 aliphatic carbocycles. The highest BCUT2D eigenvalue weighted by Gasteiger charge is 2.15. The fourth-order valence-corrected chi connectivity index (χ4v) is 1.99. The Kier molecular flexibility index (Phi) is 6.15. The molecule has 0 saturated heterocycles. The summed E-state index contributed by atoms with van der Waals surface area (Å²) in [6, 6.07) is 5.75. The molecular formula is C13H19BrN2O2. The molecule has 0 aliphatic heterocycles. The van der Waals surface area contributed by atoms with Crippen LogP contribution in [0.2, 0.25) is 0 Å². The highest BCUT2D eigenvalue weighted by atomic mass is 79.9. The summed E-state index contributed by atoms with van der Waals surface area (Å²) in [5.74, 6) is 0.540. The number of rotatable bonds is 6. The van der Waals surface area contributed by atoms with Crippen LogP contribution in [0.4, 0.5) is 0 Å². The van der Waals surface area contributed by atoms with Crippen molar-refractivity contribution in [2.75, 3.05) is 13.1 Å². The fourth-order valence-electron chi connectivity index (χ4n) is 1.40. The van der Waals surface area contributed by atoms with Gasteiger partial charge in [0.2, 0.25) is 0 Å². The number of carbonyl (C=O) groups is 1. The van der Waals surface area contributed by atoms with E-state index in [1.165, 1.54) is 0 Å². The Labute approximate surface area is 116 Å². The molecule has 1 aromatic rings. The number of hydrogen-bond donors (Lipinski definition) is 2. The minimum absolute atomic E-state index is 0.129. The molecule has 0 aliphatic rings. The number of amides is 1. The molecule has 18 heavy (non-hydrogen) atoms. The van der Waals surface area contributed by atoms with Gasteiger partial charge in [-0.15, -0.1) is 0 Å². The van der Waals surface area contributed by atoms with Crippen LogP contribution >= 0.6 is 15.9 Å².